The Morgan fingerprint density at radius 2 is 1.85 bits per heavy atom. The molecule has 6 nitrogen and oxygen atoms in total. The topological polar surface area (TPSA) is 68.5 Å². The molecule has 0 spiro atoms. The summed E-state index contributed by atoms with van der Waals surface area (Å²) < 4.78 is 10.4. The fraction of sp³-hybridized carbons (Fsp3) is 0.250. The van der Waals surface area contributed by atoms with Crippen LogP contribution < -0.4 is 4.74 Å². The molecule has 0 radical (unpaired) electrons. The lowest BCUT2D eigenvalue weighted by atomic mass is 10.1. The van der Waals surface area contributed by atoms with Crippen LogP contribution in [0, 0.1) is 0 Å². The Balaban J connectivity index is 1.52. The van der Waals surface area contributed by atoms with Crippen molar-refractivity contribution in [2.24, 2.45) is 0 Å². The van der Waals surface area contributed by atoms with Gasteiger partial charge < -0.3 is 14.2 Å². The monoisotopic (exact) mass is 351 g/mol. The molecule has 0 aliphatic rings. The van der Waals surface area contributed by atoms with E-state index in [-0.39, 0.29) is 5.91 Å². The zero-order valence-corrected chi connectivity index (χ0v) is 14.9. The van der Waals surface area contributed by atoms with Crippen LogP contribution in [0.15, 0.2) is 59.1 Å². The Morgan fingerprint density at radius 3 is 2.54 bits per heavy atom. The molecule has 0 unspecified atom stereocenters. The third kappa shape index (κ3) is 4.47. The van der Waals surface area contributed by atoms with Crippen molar-refractivity contribution in [1.29, 1.82) is 0 Å². The van der Waals surface area contributed by atoms with Gasteiger partial charge in [0.25, 0.3) is 5.89 Å². The number of methoxy groups -OCH3 is 1. The van der Waals surface area contributed by atoms with Gasteiger partial charge >= 0.3 is 0 Å². The SMILES string of the molecule is COc1ccc(CC(=O)N(C)CCc2noc(-c3ccccc3)n2)cc1. The van der Waals surface area contributed by atoms with Crippen LogP contribution in [0.4, 0.5) is 0 Å². The predicted molar refractivity (Wildman–Crippen MR) is 97.8 cm³/mol. The average Bonchev–Trinajstić information content (AvgIpc) is 3.16. The van der Waals surface area contributed by atoms with Gasteiger partial charge in [-0.15, -0.1) is 0 Å². The van der Waals surface area contributed by atoms with E-state index in [4.69, 9.17) is 9.26 Å². The Bertz CT molecular complexity index is 844. The van der Waals surface area contributed by atoms with Crippen molar-refractivity contribution in [3.05, 3.63) is 66.0 Å². The van der Waals surface area contributed by atoms with Crippen LogP contribution in [0.3, 0.4) is 0 Å². The molecule has 1 heterocycles. The largest absolute Gasteiger partial charge is 0.497 e. The summed E-state index contributed by atoms with van der Waals surface area (Å²) in [4.78, 5) is 18.4. The van der Waals surface area contributed by atoms with Gasteiger partial charge in [0.05, 0.1) is 13.5 Å². The van der Waals surface area contributed by atoms with Crippen LogP contribution in [0.5, 0.6) is 5.75 Å². The molecular formula is C20H21N3O3. The van der Waals surface area contributed by atoms with E-state index < -0.39 is 0 Å². The first-order chi connectivity index (χ1) is 12.7. The molecule has 1 amide bonds. The number of hydrogen-bond acceptors (Lipinski definition) is 5. The first kappa shape index (κ1) is 17.7. The molecule has 0 saturated carbocycles. The molecule has 3 aromatic rings. The van der Waals surface area contributed by atoms with Crippen LogP contribution >= 0.6 is 0 Å². The van der Waals surface area contributed by atoms with Crippen molar-refractivity contribution in [3.8, 4) is 17.2 Å². The zero-order chi connectivity index (χ0) is 18.4. The second-order valence-electron chi connectivity index (χ2n) is 5.97. The van der Waals surface area contributed by atoms with Crippen molar-refractivity contribution in [2.75, 3.05) is 20.7 Å². The summed E-state index contributed by atoms with van der Waals surface area (Å²) in [6.45, 7) is 0.531. The van der Waals surface area contributed by atoms with E-state index in [1.165, 1.54) is 0 Å². The van der Waals surface area contributed by atoms with Gasteiger partial charge in [-0.1, -0.05) is 35.5 Å². The lowest BCUT2D eigenvalue weighted by molar-refractivity contribution is -0.129. The highest BCUT2D eigenvalue weighted by Crippen LogP contribution is 2.16. The van der Waals surface area contributed by atoms with Crippen LogP contribution in [-0.2, 0) is 17.6 Å². The van der Waals surface area contributed by atoms with E-state index in [2.05, 4.69) is 10.1 Å². The van der Waals surface area contributed by atoms with Crippen molar-refractivity contribution in [3.63, 3.8) is 0 Å². The van der Waals surface area contributed by atoms with E-state index in [0.29, 0.717) is 31.1 Å². The lowest BCUT2D eigenvalue weighted by Gasteiger charge is -2.16. The molecular weight excluding hydrogens is 330 g/mol. The molecule has 0 aliphatic heterocycles. The van der Waals surface area contributed by atoms with E-state index >= 15 is 0 Å². The summed E-state index contributed by atoms with van der Waals surface area (Å²) >= 11 is 0. The first-order valence-electron chi connectivity index (χ1n) is 8.40. The summed E-state index contributed by atoms with van der Waals surface area (Å²) in [5.74, 6) is 1.91. The Labute approximate surface area is 152 Å². The fourth-order valence-electron chi connectivity index (χ4n) is 2.50. The molecule has 6 heteroatoms. The quantitative estimate of drug-likeness (QED) is 0.654. The molecule has 0 fully saturated rings. The van der Waals surface area contributed by atoms with Gasteiger partial charge in [0.1, 0.15) is 5.75 Å². The zero-order valence-electron chi connectivity index (χ0n) is 14.9. The molecule has 134 valence electrons. The van der Waals surface area contributed by atoms with Gasteiger partial charge in [0.15, 0.2) is 5.82 Å². The van der Waals surface area contributed by atoms with Gasteiger partial charge in [-0.2, -0.15) is 4.98 Å². The summed E-state index contributed by atoms with van der Waals surface area (Å²) in [7, 11) is 3.40. The second kappa shape index (κ2) is 8.29. The molecule has 0 atom stereocenters. The number of likely N-dealkylation sites (N-methyl/N-ethyl adjacent to an activating group) is 1. The third-order valence-corrected chi connectivity index (χ3v) is 4.10. The maximum atomic E-state index is 12.3. The van der Waals surface area contributed by atoms with Crippen LogP contribution in [0.2, 0.25) is 0 Å². The van der Waals surface area contributed by atoms with Crippen molar-refractivity contribution < 1.29 is 14.1 Å². The number of carbonyl (C=O) groups is 1. The van der Waals surface area contributed by atoms with Crippen LogP contribution in [0.1, 0.15) is 11.4 Å². The number of aromatic nitrogens is 2. The first-order valence-corrected chi connectivity index (χ1v) is 8.40. The molecule has 2 aromatic carbocycles. The smallest absolute Gasteiger partial charge is 0.257 e. The number of nitrogens with zero attached hydrogens (tertiary/aromatic N) is 3. The van der Waals surface area contributed by atoms with Gasteiger partial charge in [0, 0.05) is 25.6 Å². The normalized spacial score (nSPS) is 10.5. The average molecular weight is 351 g/mol. The summed E-state index contributed by atoms with van der Waals surface area (Å²) in [6.07, 6.45) is 0.892. The number of amides is 1. The minimum Gasteiger partial charge on any atom is -0.497 e. The number of rotatable bonds is 7. The summed E-state index contributed by atoms with van der Waals surface area (Å²) in [6, 6.07) is 17.1. The van der Waals surface area contributed by atoms with Gasteiger partial charge in [-0.25, -0.2) is 0 Å². The van der Waals surface area contributed by atoms with E-state index in [9.17, 15) is 4.79 Å². The fourth-order valence-corrected chi connectivity index (χ4v) is 2.50. The molecule has 1 aromatic heterocycles. The number of hydrogen-bond donors (Lipinski definition) is 0. The van der Waals surface area contributed by atoms with Crippen LogP contribution in [0.25, 0.3) is 11.5 Å². The lowest BCUT2D eigenvalue weighted by Crippen LogP contribution is -2.30. The maximum Gasteiger partial charge on any atom is 0.257 e. The standard InChI is InChI=1S/C20H21N3O3/c1-23(19(24)14-15-8-10-17(25-2)11-9-15)13-12-18-21-20(26-22-18)16-6-4-3-5-7-16/h3-11H,12-14H2,1-2H3. The molecule has 26 heavy (non-hydrogen) atoms. The minimum atomic E-state index is 0.0435. The van der Waals surface area contributed by atoms with E-state index in [1.54, 1.807) is 19.1 Å². The minimum absolute atomic E-state index is 0.0435. The number of ether oxygens (including phenoxy) is 1. The number of carbonyl (C=O) groups excluding carboxylic acids is 1. The molecule has 3 rings (SSSR count). The second-order valence-corrected chi connectivity index (χ2v) is 5.97. The Morgan fingerprint density at radius 1 is 1.12 bits per heavy atom. The van der Waals surface area contributed by atoms with Gasteiger partial charge in [-0.3, -0.25) is 4.79 Å². The predicted octanol–water partition coefficient (Wildman–Crippen LogP) is 2.99. The third-order valence-electron chi connectivity index (χ3n) is 4.10. The van der Waals surface area contributed by atoms with Crippen LogP contribution in [-0.4, -0.2) is 41.6 Å². The maximum absolute atomic E-state index is 12.3. The Kier molecular flexibility index (Phi) is 5.63. The molecule has 0 bridgehead atoms. The van der Waals surface area contributed by atoms with Crippen molar-refractivity contribution in [2.45, 2.75) is 12.8 Å². The van der Waals surface area contributed by atoms with Gasteiger partial charge in [0.2, 0.25) is 5.91 Å². The molecule has 0 saturated heterocycles. The highest BCUT2D eigenvalue weighted by atomic mass is 16.5. The summed E-state index contributed by atoms with van der Waals surface area (Å²) in [5.41, 5.74) is 1.84. The number of benzene rings is 2. The van der Waals surface area contributed by atoms with Crippen molar-refractivity contribution >= 4 is 5.91 Å². The highest BCUT2D eigenvalue weighted by Gasteiger charge is 2.13. The van der Waals surface area contributed by atoms with Gasteiger partial charge in [-0.05, 0) is 29.8 Å². The van der Waals surface area contributed by atoms with Crippen molar-refractivity contribution in [1.82, 2.24) is 15.0 Å². The van der Waals surface area contributed by atoms with E-state index in [0.717, 1.165) is 16.9 Å². The van der Waals surface area contributed by atoms with E-state index in [1.807, 2.05) is 54.6 Å². The Hall–Kier alpha value is -3.15. The highest BCUT2D eigenvalue weighted by molar-refractivity contribution is 5.78. The molecule has 0 aliphatic carbocycles. The summed E-state index contributed by atoms with van der Waals surface area (Å²) in [5, 5.41) is 3.99. The molecule has 0 N–H and O–H groups in total.